The molecule has 8 aromatic carbocycles. The molecule has 4 aromatic heterocycles. The van der Waals surface area contributed by atoms with Gasteiger partial charge in [0.05, 0.1) is 28.1 Å². The monoisotopic (exact) mass is 1880 g/mol. The van der Waals surface area contributed by atoms with Crippen LogP contribution in [-0.2, 0) is 50.7 Å². The molecule has 8 N–H and O–H groups in total. The van der Waals surface area contributed by atoms with E-state index in [1.54, 1.807) is 85.4 Å². The number of ether oxygens (including phenoxy) is 1. The molecule has 1 aliphatic rings. The number of halogens is 4. The second-order valence-electron chi connectivity index (χ2n) is 24.4. The number of urea groups is 1. The molecule has 0 atom stereocenters. The number of nitrogens with two attached hydrogens (primary N) is 3. The Morgan fingerprint density at radius 1 is 0.544 bits per heavy atom. The molecule has 33 heteroatoms. The van der Waals surface area contributed by atoms with E-state index in [1.807, 2.05) is 91.5 Å². The number of aromatic nitrogens is 4. The van der Waals surface area contributed by atoms with Gasteiger partial charge in [0, 0.05) is 93.0 Å². The van der Waals surface area contributed by atoms with Gasteiger partial charge in [0.25, 0.3) is 31.5 Å². The van der Waals surface area contributed by atoms with Crippen LogP contribution in [0.3, 0.4) is 0 Å². The molecule has 12 aromatic rings. The third-order valence-electron chi connectivity index (χ3n) is 15.3. The Morgan fingerprint density at radius 3 is 1.46 bits per heavy atom. The van der Waals surface area contributed by atoms with E-state index in [0.717, 1.165) is 50.3 Å². The molecule has 13 rings (SSSR count). The van der Waals surface area contributed by atoms with E-state index in [0.29, 0.717) is 43.8 Å². The lowest BCUT2D eigenvalue weighted by Crippen LogP contribution is -2.38. The fourth-order valence-electron chi connectivity index (χ4n) is 9.36. The Kier molecular flexibility index (Phi) is 34.9. The molecular formula is C81H77Cl2I2N11O14S4. The number of thioether (sulfide) groups is 2. The van der Waals surface area contributed by atoms with Crippen LogP contribution in [0, 0.1) is 14.1 Å². The molecule has 0 unspecified atom stereocenters. The number of methoxy groups -OCH3 is 1. The second-order valence-corrected chi connectivity index (χ2v) is 32.9. The van der Waals surface area contributed by atoms with Crippen LogP contribution in [0.25, 0.3) is 34.8 Å². The standard InChI is InChI=1S/C19H15N3O5S.C17H15IOS.C17H17NOS.C13H11IN2O4S.C7H9N.C5H6Cl2N2O2.C3H4N2O/c1-26-17-5-3-2-4-16(17)22-15-8-7-14(12-13(15)6-9-19(22)23)28(24,25)21-18-10-11-27-20-18;2*1-13(19)7-8-15-11-16(9-10-17(15)18)20-12-14-5-3-2-4-6-14;1-9(17)2-3-10-8-11(4-5-12(10)14)21(18,19)16-13-6-7-20-15-13;1-6-4-2-3-5-7(6)8;1-5(2)3(10)8(6)4(11)9(5)7;4-3-1-2-6-5-3/h2-12H,1H3,(H,20,21);2-11H,12H2,1H3;2-11H,12,18H2,1H3;2-8H,1H3,(H,15,16);2-5H,8H2,1H3;1-2H3;1-2H,(H2,4,5)/b;2*8-7+;3-2+;;;. The van der Waals surface area contributed by atoms with Crippen molar-refractivity contribution in [1.82, 2.24) is 28.9 Å². The molecule has 114 heavy (non-hydrogen) atoms. The van der Waals surface area contributed by atoms with Gasteiger partial charge < -0.3 is 35.5 Å². The summed E-state index contributed by atoms with van der Waals surface area (Å²) in [6, 6.07) is 63.7. The van der Waals surface area contributed by atoms with Gasteiger partial charge in [-0.1, -0.05) is 119 Å². The van der Waals surface area contributed by atoms with E-state index in [2.05, 4.69) is 138 Å². The summed E-state index contributed by atoms with van der Waals surface area (Å²) in [5, 5.41) is 10.9. The maximum Gasteiger partial charge on any atom is 0.357 e. The molecule has 0 radical (unpaired) electrons. The van der Waals surface area contributed by atoms with Gasteiger partial charge in [0.1, 0.15) is 30.1 Å². The number of ketones is 3. The summed E-state index contributed by atoms with van der Waals surface area (Å²) in [5.74, 6) is 2.48. The second kappa shape index (κ2) is 44.0. The molecule has 25 nitrogen and oxygen atoms in total. The van der Waals surface area contributed by atoms with E-state index in [9.17, 15) is 45.6 Å². The van der Waals surface area contributed by atoms with Crippen LogP contribution < -0.4 is 36.9 Å². The quantitative estimate of drug-likeness (QED) is 0.0118. The average Bonchev–Trinajstić information content (AvgIpc) is 1.38. The van der Waals surface area contributed by atoms with Gasteiger partial charge in [-0.3, -0.25) is 38.0 Å². The first-order valence-corrected chi connectivity index (χ1v) is 41.5. The van der Waals surface area contributed by atoms with Gasteiger partial charge in [-0.25, -0.2) is 26.0 Å². The Bertz CT molecular complexity index is 5520. The van der Waals surface area contributed by atoms with Gasteiger partial charge in [-0.2, -0.15) is 4.42 Å². The number of carbonyl (C=O) groups excluding carboxylic acids is 5. The first kappa shape index (κ1) is 90.4. The summed E-state index contributed by atoms with van der Waals surface area (Å²) in [4.78, 5) is 70.0. The van der Waals surface area contributed by atoms with Gasteiger partial charge in [-0.15, -0.1) is 23.5 Å². The molecule has 0 saturated carbocycles. The number of hydrogen-bond donors (Lipinski definition) is 5. The summed E-state index contributed by atoms with van der Waals surface area (Å²) < 4.78 is 77.9. The lowest BCUT2D eigenvalue weighted by molar-refractivity contribution is -0.128. The van der Waals surface area contributed by atoms with Crippen molar-refractivity contribution >= 4 is 200 Å². The zero-order valence-corrected chi connectivity index (χ0v) is 71.2. The largest absolute Gasteiger partial charge is 0.495 e. The number of benzene rings is 8. The number of sulfonamides is 2. The van der Waals surface area contributed by atoms with Crippen LogP contribution in [0.1, 0.15) is 68.0 Å². The van der Waals surface area contributed by atoms with Crippen molar-refractivity contribution < 1.29 is 59.1 Å². The summed E-state index contributed by atoms with van der Waals surface area (Å²) in [5.41, 5.74) is 24.3. The normalized spacial score (nSPS) is 12.1. The van der Waals surface area contributed by atoms with E-state index in [-0.39, 0.29) is 44.3 Å². The smallest absolute Gasteiger partial charge is 0.357 e. The van der Waals surface area contributed by atoms with Crippen LogP contribution in [0.15, 0.2) is 287 Å². The number of rotatable bonds is 20. The first-order chi connectivity index (χ1) is 54.3. The zero-order valence-electron chi connectivity index (χ0n) is 62.1. The van der Waals surface area contributed by atoms with Crippen LogP contribution in [0.2, 0.25) is 0 Å². The first-order valence-electron chi connectivity index (χ1n) is 33.8. The van der Waals surface area contributed by atoms with Crippen molar-refractivity contribution in [1.29, 1.82) is 0 Å². The van der Waals surface area contributed by atoms with Crippen molar-refractivity contribution in [3.63, 3.8) is 0 Å². The highest BCUT2D eigenvalue weighted by Gasteiger charge is 2.51. The number of imide groups is 1. The highest BCUT2D eigenvalue weighted by Crippen LogP contribution is 2.33. The van der Waals surface area contributed by atoms with Gasteiger partial charge in [0.15, 0.2) is 34.8 Å². The van der Waals surface area contributed by atoms with E-state index >= 15 is 0 Å². The van der Waals surface area contributed by atoms with E-state index in [1.165, 1.54) is 129 Å². The number of nitrogens with one attached hydrogen (secondary N) is 2. The SMILES string of the molecule is CC(=O)/C=C/c1cc(S(=O)(=O)Nc2ccon2)ccc1I.CC(=O)/C=C/c1cc(SCc2ccccc2)ccc1I.CC(=O)/C=C/c1cc(SCc2ccccc2)ccc1N.CC1(C)C(=O)N(Cl)C(=O)N1Cl.COc1ccccc1-n1c(=O)ccc2cc(S(=O)(=O)Nc3ccon3)ccc21.Cc1ccccc1N.Nc1ccon1. The lowest BCUT2D eigenvalue weighted by atomic mass is 10.1. The molecule has 0 spiro atoms. The fraction of sp³-hybridized carbons (Fsp3) is 0.123. The topological polar surface area (TPSA) is 372 Å². The number of allylic oxidation sites excluding steroid dienone is 3. The third kappa shape index (κ3) is 28.1. The highest BCUT2D eigenvalue weighted by atomic mass is 127. The summed E-state index contributed by atoms with van der Waals surface area (Å²) in [6.45, 7) is 9.55. The molecule has 1 aliphatic heterocycles. The Morgan fingerprint density at radius 2 is 1.01 bits per heavy atom. The zero-order chi connectivity index (χ0) is 83.1. The third-order valence-corrected chi connectivity index (χ3v) is 23.0. The minimum absolute atomic E-state index is 0.0201. The summed E-state index contributed by atoms with van der Waals surface area (Å²) >= 11 is 18.7. The van der Waals surface area contributed by atoms with Gasteiger partial charge >= 0.3 is 6.03 Å². The van der Waals surface area contributed by atoms with Crippen LogP contribution in [0.5, 0.6) is 5.75 Å². The average molecular weight is 1880 g/mol. The number of anilines is 5. The van der Waals surface area contributed by atoms with E-state index in [4.69, 9.17) is 45.5 Å². The Hall–Kier alpha value is -10.8. The highest BCUT2D eigenvalue weighted by molar-refractivity contribution is 14.1. The van der Waals surface area contributed by atoms with Crippen molar-refractivity contribution in [2.75, 3.05) is 33.8 Å². The van der Waals surface area contributed by atoms with Crippen LogP contribution in [0.4, 0.5) is 33.6 Å². The van der Waals surface area contributed by atoms with E-state index < -0.39 is 37.5 Å². The lowest BCUT2D eigenvalue weighted by Gasteiger charge is -2.18. The van der Waals surface area contributed by atoms with Crippen molar-refractivity contribution in [3.05, 3.63) is 300 Å². The number of pyridine rings is 1. The molecule has 0 aliphatic carbocycles. The minimum atomic E-state index is -3.86. The number of nitrogens with zero attached hydrogens (tertiary/aromatic N) is 6. The number of nitrogen functional groups attached to an aromatic ring is 3. The Balaban J connectivity index is 0.000000192. The number of amides is 3. The summed E-state index contributed by atoms with van der Waals surface area (Å²) in [7, 11) is -6.09. The predicted molar refractivity (Wildman–Crippen MR) is 467 cm³/mol. The molecule has 5 heterocycles. The number of hydrogen-bond acceptors (Lipinski definition) is 22. The number of para-hydroxylation sites is 3. The Labute approximate surface area is 704 Å². The minimum Gasteiger partial charge on any atom is -0.495 e. The molecule has 0 bridgehead atoms. The molecule has 1 saturated heterocycles. The van der Waals surface area contributed by atoms with Gasteiger partial charge in [0.2, 0.25) is 0 Å². The number of carbonyl (C=O) groups is 5. The maximum atomic E-state index is 12.6. The molecule has 592 valence electrons. The van der Waals surface area contributed by atoms with Crippen LogP contribution in [-0.4, -0.2) is 87.6 Å². The molecule has 1 fully saturated rings. The summed E-state index contributed by atoms with van der Waals surface area (Å²) in [6.07, 6.45) is 13.7. The molecular weight excluding hydrogens is 1800 g/mol. The maximum absolute atomic E-state index is 12.6. The van der Waals surface area contributed by atoms with Crippen molar-refractivity contribution in [3.8, 4) is 11.4 Å². The number of fused-ring (bicyclic) bond motifs is 1. The van der Waals surface area contributed by atoms with Crippen molar-refractivity contribution in [2.24, 2.45) is 0 Å². The fourth-order valence-corrected chi connectivity index (χ4v) is 14.7. The van der Waals surface area contributed by atoms with Crippen LogP contribution >= 0.6 is 92.3 Å². The molecule has 3 amide bonds. The van der Waals surface area contributed by atoms with Gasteiger partial charge in [-0.05, 0) is 241 Å². The predicted octanol–water partition coefficient (Wildman–Crippen LogP) is 18.0. The number of aryl methyl sites for hydroxylation is 1. The van der Waals surface area contributed by atoms with Crippen molar-refractivity contribution in [2.45, 2.75) is 78.2 Å².